The van der Waals surface area contributed by atoms with E-state index in [0.717, 1.165) is 21.7 Å². The maximum absolute atomic E-state index is 13.4. The Balaban J connectivity index is 1.46. The summed E-state index contributed by atoms with van der Waals surface area (Å²) in [7, 11) is 0. The Morgan fingerprint density at radius 2 is 1.68 bits per heavy atom. The van der Waals surface area contributed by atoms with Gasteiger partial charge in [-0.3, -0.25) is 19.7 Å². The number of hydrogen-bond donors (Lipinski definition) is 1. The molecule has 0 fully saturated rings. The van der Waals surface area contributed by atoms with Crippen LogP contribution in [0.5, 0.6) is 0 Å². The van der Waals surface area contributed by atoms with E-state index in [9.17, 15) is 14.4 Å². The molecule has 0 saturated heterocycles. The first kappa shape index (κ1) is 22.0. The molecule has 5 rings (SSSR count). The Kier molecular flexibility index (Phi) is 5.28. The normalized spacial score (nSPS) is 13.1. The quantitative estimate of drug-likeness (QED) is 0.428. The fourth-order valence-electron chi connectivity index (χ4n) is 4.26. The van der Waals surface area contributed by atoms with Gasteiger partial charge in [-0.05, 0) is 56.0 Å². The number of aromatic nitrogens is 3. The van der Waals surface area contributed by atoms with Crippen LogP contribution in [0.3, 0.4) is 0 Å². The van der Waals surface area contributed by atoms with E-state index in [4.69, 9.17) is 0 Å². The molecule has 8 nitrogen and oxygen atoms in total. The van der Waals surface area contributed by atoms with Crippen LogP contribution in [0.4, 0.5) is 11.6 Å². The highest BCUT2D eigenvalue weighted by molar-refractivity contribution is 7.17. The Hall–Kier alpha value is -3.85. The van der Waals surface area contributed by atoms with Crippen molar-refractivity contribution < 1.29 is 14.4 Å². The summed E-state index contributed by atoms with van der Waals surface area (Å²) in [5.74, 6) is -1.05. The van der Waals surface area contributed by atoms with Crippen LogP contribution in [0.15, 0.2) is 36.4 Å². The number of fused-ring (bicyclic) bond motifs is 2. The van der Waals surface area contributed by atoms with Gasteiger partial charge >= 0.3 is 0 Å². The standard InChI is InChI=1S/C25H23N5O3S/c1-5-15-8-7-9-16(6-2)20(15)29-22(32)18-11-10-17(12-19(18)23(29)33)21(31)26-24-27-25-30(28-24)13(3)14(4)34-25/h7-12H,5-6H2,1-4H3,(H,26,28,31). The first-order chi connectivity index (χ1) is 16.3. The zero-order valence-corrected chi connectivity index (χ0v) is 20.1. The molecular formula is C25H23N5O3S. The van der Waals surface area contributed by atoms with Crippen molar-refractivity contribution in [2.45, 2.75) is 40.5 Å². The zero-order valence-electron chi connectivity index (χ0n) is 19.3. The lowest BCUT2D eigenvalue weighted by Crippen LogP contribution is -2.31. The monoisotopic (exact) mass is 473 g/mol. The van der Waals surface area contributed by atoms with Crippen LogP contribution < -0.4 is 10.2 Å². The molecule has 172 valence electrons. The lowest BCUT2D eigenvalue weighted by atomic mass is 10.0. The second kappa shape index (κ2) is 8.18. The molecule has 3 heterocycles. The smallest absolute Gasteiger partial charge is 0.266 e. The van der Waals surface area contributed by atoms with Crippen molar-refractivity contribution in [2.75, 3.05) is 10.2 Å². The molecule has 0 bridgehead atoms. The molecule has 0 unspecified atom stereocenters. The van der Waals surface area contributed by atoms with E-state index in [0.29, 0.717) is 29.1 Å². The number of aryl methyl sites for hydroxylation is 4. The average molecular weight is 474 g/mol. The van der Waals surface area contributed by atoms with Crippen LogP contribution in [0.25, 0.3) is 4.96 Å². The summed E-state index contributed by atoms with van der Waals surface area (Å²) < 4.78 is 1.69. The Morgan fingerprint density at radius 3 is 2.32 bits per heavy atom. The molecule has 0 spiro atoms. The molecule has 1 aliphatic heterocycles. The SMILES string of the molecule is CCc1cccc(CC)c1N1C(=O)c2ccc(C(=O)Nc3nc4sc(C)c(C)n4n3)cc2C1=O. The van der Waals surface area contributed by atoms with Crippen molar-refractivity contribution in [3.63, 3.8) is 0 Å². The third-order valence-electron chi connectivity index (χ3n) is 6.21. The zero-order chi connectivity index (χ0) is 24.1. The number of benzene rings is 2. The van der Waals surface area contributed by atoms with Gasteiger partial charge in [0.15, 0.2) is 0 Å². The van der Waals surface area contributed by atoms with Gasteiger partial charge in [-0.1, -0.05) is 43.4 Å². The fraction of sp³-hybridized carbons (Fsp3) is 0.240. The molecule has 0 saturated carbocycles. The van der Waals surface area contributed by atoms with Crippen molar-refractivity contribution in [3.05, 3.63) is 74.8 Å². The largest absolute Gasteiger partial charge is 0.289 e. The van der Waals surface area contributed by atoms with Crippen LogP contribution in [-0.2, 0) is 12.8 Å². The van der Waals surface area contributed by atoms with E-state index in [-0.39, 0.29) is 23.0 Å². The van der Waals surface area contributed by atoms with Gasteiger partial charge in [0.25, 0.3) is 23.7 Å². The topological polar surface area (TPSA) is 96.7 Å². The Bertz CT molecular complexity index is 1480. The highest BCUT2D eigenvalue weighted by Crippen LogP contribution is 2.34. The highest BCUT2D eigenvalue weighted by atomic mass is 32.1. The minimum atomic E-state index is -0.447. The maximum atomic E-state index is 13.4. The molecule has 0 atom stereocenters. The number of carbonyl (C=O) groups is 3. The van der Waals surface area contributed by atoms with Crippen LogP contribution in [0.1, 0.15) is 66.6 Å². The summed E-state index contributed by atoms with van der Waals surface area (Å²) in [5.41, 5.74) is 4.25. The number of rotatable bonds is 5. The van der Waals surface area contributed by atoms with E-state index in [1.807, 2.05) is 45.9 Å². The highest BCUT2D eigenvalue weighted by Gasteiger charge is 2.39. The predicted molar refractivity (Wildman–Crippen MR) is 131 cm³/mol. The van der Waals surface area contributed by atoms with Gasteiger partial charge in [0, 0.05) is 10.4 Å². The van der Waals surface area contributed by atoms with E-state index in [1.165, 1.54) is 28.4 Å². The second-order valence-electron chi connectivity index (χ2n) is 8.17. The molecule has 3 amide bonds. The third kappa shape index (κ3) is 3.31. The maximum Gasteiger partial charge on any atom is 0.266 e. The molecule has 0 radical (unpaired) electrons. The van der Waals surface area contributed by atoms with Gasteiger partial charge in [-0.2, -0.15) is 4.98 Å². The van der Waals surface area contributed by atoms with Gasteiger partial charge in [0.05, 0.1) is 22.5 Å². The summed E-state index contributed by atoms with van der Waals surface area (Å²) in [6, 6.07) is 10.4. The number of amides is 3. The molecule has 0 aliphatic carbocycles. The van der Waals surface area contributed by atoms with Gasteiger partial charge < -0.3 is 0 Å². The average Bonchev–Trinajstić information content (AvgIpc) is 3.43. The molecule has 34 heavy (non-hydrogen) atoms. The number of imide groups is 1. The minimum absolute atomic E-state index is 0.188. The van der Waals surface area contributed by atoms with Crippen LogP contribution in [0, 0.1) is 13.8 Å². The van der Waals surface area contributed by atoms with Crippen molar-refractivity contribution >= 4 is 45.7 Å². The van der Waals surface area contributed by atoms with Crippen molar-refractivity contribution in [1.29, 1.82) is 0 Å². The fourth-order valence-corrected chi connectivity index (χ4v) is 5.16. The van der Waals surface area contributed by atoms with E-state index < -0.39 is 11.8 Å². The molecule has 4 aromatic rings. The van der Waals surface area contributed by atoms with Gasteiger partial charge in [0.2, 0.25) is 4.96 Å². The summed E-state index contributed by atoms with van der Waals surface area (Å²) in [6.45, 7) is 7.92. The molecule has 9 heteroatoms. The van der Waals surface area contributed by atoms with Crippen molar-refractivity contribution in [3.8, 4) is 0 Å². The number of para-hydroxylation sites is 1. The van der Waals surface area contributed by atoms with Gasteiger partial charge in [-0.25, -0.2) is 9.42 Å². The number of thiazole rings is 1. The lowest BCUT2D eigenvalue weighted by Gasteiger charge is -2.21. The summed E-state index contributed by atoms with van der Waals surface area (Å²) >= 11 is 1.49. The summed E-state index contributed by atoms with van der Waals surface area (Å²) in [5, 5.41) is 7.03. The van der Waals surface area contributed by atoms with Gasteiger partial charge in [-0.15, -0.1) is 5.10 Å². The molecular weight excluding hydrogens is 450 g/mol. The Morgan fingerprint density at radius 1 is 1.00 bits per heavy atom. The lowest BCUT2D eigenvalue weighted by molar-refractivity contribution is 0.0925. The van der Waals surface area contributed by atoms with Crippen LogP contribution in [-0.4, -0.2) is 32.3 Å². The van der Waals surface area contributed by atoms with E-state index in [2.05, 4.69) is 15.4 Å². The molecule has 1 aliphatic rings. The molecule has 2 aromatic carbocycles. The third-order valence-corrected chi connectivity index (χ3v) is 7.26. The first-order valence-electron chi connectivity index (χ1n) is 11.1. The Labute approximate surface area is 200 Å². The number of nitrogens with zero attached hydrogens (tertiary/aromatic N) is 4. The number of nitrogens with one attached hydrogen (secondary N) is 1. The first-order valence-corrected chi connectivity index (χ1v) is 11.9. The van der Waals surface area contributed by atoms with Crippen LogP contribution in [0.2, 0.25) is 0 Å². The van der Waals surface area contributed by atoms with E-state index >= 15 is 0 Å². The van der Waals surface area contributed by atoms with Crippen LogP contribution >= 0.6 is 11.3 Å². The van der Waals surface area contributed by atoms with Crippen molar-refractivity contribution in [2.24, 2.45) is 0 Å². The number of carbonyl (C=O) groups excluding carboxylic acids is 3. The summed E-state index contributed by atoms with van der Waals surface area (Å²) in [6.07, 6.45) is 1.39. The van der Waals surface area contributed by atoms with Gasteiger partial charge in [0.1, 0.15) is 0 Å². The second-order valence-corrected chi connectivity index (χ2v) is 9.35. The molecule has 2 aromatic heterocycles. The van der Waals surface area contributed by atoms with E-state index in [1.54, 1.807) is 10.6 Å². The number of hydrogen-bond acceptors (Lipinski definition) is 6. The molecule has 1 N–H and O–H groups in total. The van der Waals surface area contributed by atoms with Crippen molar-refractivity contribution in [1.82, 2.24) is 14.6 Å². The number of anilines is 2. The minimum Gasteiger partial charge on any atom is -0.289 e. The summed E-state index contributed by atoms with van der Waals surface area (Å²) in [4.78, 5) is 46.9. The predicted octanol–water partition coefficient (Wildman–Crippen LogP) is 4.59.